The number of hydrogen-bond donors (Lipinski definition) is 1. The Balaban J connectivity index is 1.97. The number of fused-ring (bicyclic) bond motifs is 2. The number of aromatic nitrogens is 1. The molecule has 2 bridgehead atoms. The number of nitrogens with zero attached hydrogens (tertiary/aromatic N) is 2. The van der Waals surface area contributed by atoms with Crippen LogP contribution in [0.5, 0.6) is 0 Å². The fourth-order valence-corrected chi connectivity index (χ4v) is 3.51. The van der Waals surface area contributed by atoms with Crippen LogP contribution in [0.25, 0.3) is 0 Å². The van der Waals surface area contributed by atoms with Crippen molar-refractivity contribution in [2.45, 2.75) is 50.0 Å². The molecule has 2 saturated heterocycles. The standard InChI is InChI=1S/C13H14ClF3N2O/c14-11-3-7(13(15,16)17)4-12(18-11)19-8-1-2-9(19)6-10(20)5-8/h3-4,8-10,20H,1-2,5-6H2. The molecule has 3 rings (SSSR count). The van der Waals surface area contributed by atoms with Gasteiger partial charge in [-0.25, -0.2) is 4.98 Å². The Hall–Kier alpha value is -1.01. The molecule has 1 aromatic rings. The largest absolute Gasteiger partial charge is 0.416 e. The molecule has 0 aliphatic carbocycles. The minimum Gasteiger partial charge on any atom is -0.393 e. The van der Waals surface area contributed by atoms with E-state index < -0.39 is 11.7 Å². The van der Waals surface area contributed by atoms with Crippen molar-refractivity contribution in [2.75, 3.05) is 4.90 Å². The van der Waals surface area contributed by atoms with E-state index in [-0.39, 0.29) is 29.2 Å². The molecule has 2 atom stereocenters. The molecule has 1 aromatic heterocycles. The third-order valence-electron chi connectivity index (χ3n) is 4.08. The minimum absolute atomic E-state index is 0.0517. The molecule has 3 heterocycles. The lowest BCUT2D eigenvalue weighted by Gasteiger charge is -2.38. The van der Waals surface area contributed by atoms with Crippen molar-refractivity contribution >= 4 is 17.4 Å². The molecule has 2 fully saturated rings. The zero-order valence-corrected chi connectivity index (χ0v) is 11.3. The average Bonchev–Trinajstić information content (AvgIpc) is 2.60. The van der Waals surface area contributed by atoms with E-state index in [2.05, 4.69) is 4.98 Å². The highest BCUT2D eigenvalue weighted by atomic mass is 35.5. The van der Waals surface area contributed by atoms with Crippen molar-refractivity contribution in [3.63, 3.8) is 0 Å². The van der Waals surface area contributed by atoms with Gasteiger partial charge in [-0.1, -0.05) is 11.6 Å². The summed E-state index contributed by atoms with van der Waals surface area (Å²) in [5.41, 5.74) is -0.780. The zero-order chi connectivity index (χ0) is 14.5. The van der Waals surface area contributed by atoms with Gasteiger partial charge in [-0.2, -0.15) is 13.2 Å². The van der Waals surface area contributed by atoms with Gasteiger partial charge in [0, 0.05) is 12.1 Å². The number of piperidine rings is 1. The predicted molar refractivity (Wildman–Crippen MR) is 68.8 cm³/mol. The van der Waals surface area contributed by atoms with Gasteiger partial charge in [-0.15, -0.1) is 0 Å². The van der Waals surface area contributed by atoms with Crippen LogP contribution in [0.15, 0.2) is 12.1 Å². The number of anilines is 1. The quantitative estimate of drug-likeness (QED) is 0.809. The average molecular weight is 307 g/mol. The van der Waals surface area contributed by atoms with Gasteiger partial charge in [0.05, 0.1) is 11.7 Å². The van der Waals surface area contributed by atoms with Crippen LogP contribution >= 0.6 is 11.6 Å². The van der Waals surface area contributed by atoms with Crippen LogP contribution in [-0.4, -0.2) is 28.3 Å². The van der Waals surface area contributed by atoms with Gasteiger partial charge >= 0.3 is 6.18 Å². The Labute approximate surface area is 119 Å². The number of aliphatic hydroxyl groups is 1. The van der Waals surface area contributed by atoms with E-state index in [4.69, 9.17) is 11.6 Å². The van der Waals surface area contributed by atoms with E-state index in [1.807, 2.05) is 4.90 Å². The van der Waals surface area contributed by atoms with Gasteiger partial charge < -0.3 is 10.0 Å². The molecule has 2 unspecified atom stereocenters. The monoisotopic (exact) mass is 306 g/mol. The van der Waals surface area contributed by atoms with Crippen LogP contribution in [0.3, 0.4) is 0 Å². The maximum Gasteiger partial charge on any atom is 0.416 e. The Bertz CT molecular complexity index is 509. The second-order valence-corrected chi connectivity index (χ2v) is 5.84. The molecule has 0 aromatic carbocycles. The van der Waals surface area contributed by atoms with Gasteiger partial charge in [0.25, 0.3) is 0 Å². The Kier molecular flexibility index (Phi) is 3.33. The van der Waals surface area contributed by atoms with E-state index in [1.54, 1.807) is 0 Å². The fraction of sp³-hybridized carbons (Fsp3) is 0.615. The van der Waals surface area contributed by atoms with Crippen LogP contribution in [0.1, 0.15) is 31.2 Å². The highest BCUT2D eigenvalue weighted by Gasteiger charge is 2.42. The summed E-state index contributed by atoms with van der Waals surface area (Å²) < 4.78 is 38.5. The number of rotatable bonds is 1. The van der Waals surface area contributed by atoms with Crippen molar-refractivity contribution < 1.29 is 18.3 Å². The lowest BCUT2D eigenvalue weighted by atomic mass is 10.00. The molecule has 2 aliphatic heterocycles. The fourth-order valence-electron chi connectivity index (χ4n) is 3.30. The summed E-state index contributed by atoms with van der Waals surface area (Å²) in [4.78, 5) is 5.94. The SMILES string of the molecule is OC1CC2CCC(C1)N2c1cc(C(F)(F)F)cc(Cl)n1. The van der Waals surface area contributed by atoms with Crippen molar-refractivity contribution in [1.82, 2.24) is 4.98 Å². The molecular formula is C13H14ClF3N2O. The number of aliphatic hydroxyl groups excluding tert-OH is 1. The van der Waals surface area contributed by atoms with Crippen molar-refractivity contribution in [3.05, 3.63) is 22.8 Å². The molecule has 7 heteroatoms. The summed E-state index contributed by atoms with van der Waals surface area (Å²) in [7, 11) is 0. The molecule has 20 heavy (non-hydrogen) atoms. The van der Waals surface area contributed by atoms with Crippen LogP contribution in [0.4, 0.5) is 19.0 Å². The number of pyridine rings is 1. The maximum atomic E-state index is 12.8. The number of halogens is 4. The lowest BCUT2D eigenvalue weighted by molar-refractivity contribution is -0.137. The minimum atomic E-state index is -4.43. The zero-order valence-electron chi connectivity index (χ0n) is 10.6. The lowest BCUT2D eigenvalue weighted by Crippen LogP contribution is -2.45. The highest BCUT2D eigenvalue weighted by Crippen LogP contribution is 2.40. The van der Waals surface area contributed by atoms with E-state index in [9.17, 15) is 18.3 Å². The molecule has 0 radical (unpaired) electrons. The van der Waals surface area contributed by atoms with Crippen molar-refractivity contribution in [2.24, 2.45) is 0 Å². The Morgan fingerprint density at radius 2 is 1.80 bits per heavy atom. The van der Waals surface area contributed by atoms with E-state index in [0.29, 0.717) is 12.8 Å². The third kappa shape index (κ3) is 2.46. The maximum absolute atomic E-state index is 12.8. The summed E-state index contributed by atoms with van der Waals surface area (Å²) in [5.74, 6) is 0.268. The molecule has 0 saturated carbocycles. The second kappa shape index (κ2) is 4.77. The molecule has 2 aliphatic rings. The van der Waals surface area contributed by atoms with Gasteiger partial charge in [-0.3, -0.25) is 0 Å². The van der Waals surface area contributed by atoms with Gasteiger partial charge in [0.1, 0.15) is 11.0 Å². The van der Waals surface area contributed by atoms with Crippen molar-refractivity contribution in [1.29, 1.82) is 0 Å². The summed E-state index contributed by atoms with van der Waals surface area (Å²) in [5, 5.41) is 9.59. The van der Waals surface area contributed by atoms with Gasteiger partial charge in [0.15, 0.2) is 0 Å². The molecule has 3 nitrogen and oxygen atoms in total. The first-order valence-corrected chi connectivity index (χ1v) is 6.93. The first-order chi connectivity index (χ1) is 9.34. The smallest absolute Gasteiger partial charge is 0.393 e. The molecule has 1 N–H and O–H groups in total. The van der Waals surface area contributed by atoms with E-state index >= 15 is 0 Å². The second-order valence-electron chi connectivity index (χ2n) is 5.45. The van der Waals surface area contributed by atoms with E-state index in [0.717, 1.165) is 25.0 Å². The Morgan fingerprint density at radius 1 is 1.20 bits per heavy atom. The molecular weight excluding hydrogens is 293 g/mol. The van der Waals surface area contributed by atoms with Crippen molar-refractivity contribution in [3.8, 4) is 0 Å². The van der Waals surface area contributed by atoms with Crippen LogP contribution in [0, 0.1) is 0 Å². The van der Waals surface area contributed by atoms with Crippen LogP contribution in [-0.2, 0) is 6.18 Å². The summed E-state index contributed by atoms with van der Waals surface area (Å²) >= 11 is 5.73. The van der Waals surface area contributed by atoms with E-state index in [1.165, 1.54) is 0 Å². The normalized spacial score (nSPS) is 29.9. The topological polar surface area (TPSA) is 36.4 Å². The van der Waals surface area contributed by atoms with Crippen LogP contribution < -0.4 is 4.90 Å². The summed E-state index contributed by atoms with van der Waals surface area (Å²) in [6, 6.07) is 1.99. The summed E-state index contributed by atoms with van der Waals surface area (Å²) in [6.07, 6.45) is -1.91. The van der Waals surface area contributed by atoms with Gasteiger partial charge in [-0.05, 0) is 37.8 Å². The number of alkyl halides is 3. The predicted octanol–water partition coefficient (Wildman–Crippen LogP) is 3.25. The van der Waals surface area contributed by atoms with Crippen LogP contribution in [0.2, 0.25) is 5.15 Å². The first-order valence-electron chi connectivity index (χ1n) is 6.56. The summed E-state index contributed by atoms with van der Waals surface area (Å²) in [6.45, 7) is 0. The number of hydrogen-bond acceptors (Lipinski definition) is 3. The van der Waals surface area contributed by atoms with Gasteiger partial charge in [0.2, 0.25) is 0 Å². The molecule has 0 amide bonds. The molecule has 0 spiro atoms. The Morgan fingerprint density at radius 3 is 2.35 bits per heavy atom. The highest BCUT2D eigenvalue weighted by molar-refractivity contribution is 6.29. The first kappa shape index (κ1) is 13.9. The molecule has 110 valence electrons. The third-order valence-corrected chi connectivity index (χ3v) is 4.27.